The number of anilines is 1. The number of aryl methyl sites for hydroxylation is 2. The number of pyridine rings is 1. The average Bonchev–Trinajstić information content (AvgIpc) is 3.29. The smallest absolute Gasteiger partial charge is 0.209 e. The fourth-order valence-electron chi connectivity index (χ4n) is 3.93. The first-order valence-electron chi connectivity index (χ1n) is 9.69. The Balaban J connectivity index is 2.09. The van der Waals surface area contributed by atoms with Crippen LogP contribution in [-0.4, -0.2) is 43.7 Å². The van der Waals surface area contributed by atoms with Gasteiger partial charge in [0.15, 0.2) is 0 Å². The van der Waals surface area contributed by atoms with Crippen LogP contribution in [0.25, 0.3) is 21.8 Å². The van der Waals surface area contributed by atoms with Crippen LogP contribution in [0.15, 0.2) is 5.51 Å². The third-order valence-electron chi connectivity index (χ3n) is 5.31. The van der Waals surface area contributed by atoms with Crippen molar-refractivity contribution in [3.63, 3.8) is 0 Å². The van der Waals surface area contributed by atoms with E-state index in [1.54, 1.807) is 11.3 Å². The van der Waals surface area contributed by atoms with Crippen molar-refractivity contribution in [1.29, 1.82) is 0 Å². The quantitative estimate of drug-likeness (QED) is 0.675. The minimum absolute atomic E-state index is 0.610. The highest BCUT2D eigenvalue weighted by Gasteiger charge is 2.28. The number of nitrogens with zero attached hydrogens (tertiary/aromatic N) is 6. The maximum Gasteiger partial charge on any atom is 0.209 e. The molecule has 0 fully saturated rings. The standard InChI is InChI=1S/C19H25N7S/c1-4-26(5-2)19-16(18-22-24-25-23-18)15(17-12(3)20-11-27-17)13-9-7-6-8-10-14(13)21-19/h11H,4-10H2,1-3H3,(H,22,23,24,25). The second-order valence-electron chi connectivity index (χ2n) is 6.85. The Morgan fingerprint density at radius 3 is 2.59 bits per heavy atom. The maximum absolute atomic E-state index is 5.16. The van der Waals surface area contributed by atoms with E-state index in [-0.39, 0.29) is 0 Å². The van der Waals surface area contributed by atoms with E-state index in [9.17, 15) is 0 Å². The molecule has 0 saturated carbocycles. The molecule has 0 bridgehead atoms. The van der Waals surface area contributed by atoms with E-state index in [2.05, 4.69) is 51.3 Å². The van der Waals surface area contributed by atoms with Crippen LogP contribution in [-0.2, 0) is 12.8 Å². The van der Waals surface area contributed by atoms with Gasteiger partial charge in [-0.3, -0.25) is 0 Å². The van der Waals surface area contributed by atoms with Crippen molar-refractivity contribution in [2.75, 3.05) is 18.0 Å². The molecule has 0 aliphatic heterocycles. The monoisotopic (exact) mass is 383 g/mol. The summed E-state index contributed by atoms with van der Waals surface area (Å²) in [7, 11) is 0. The fraction of sp³-hybridized carbons (Fsp3) is 0.526. The lowest BCUT2D eigenvalue weighted by Gasteiger charge is -2.26. The number of fused-ring (bicyclic) bond motifs is 1. The lowest BCUT2D eigenvalue weighted by molar-refractivity contribution is 0.708. The zero-order chi connectivity index (χ0) is 18.8. The normalized spacial score (nSPS) is 14.0. The van der Waals surface area contributed by atoms with Gasteiger partial charge in [0, 0.05) is 24.3 Å². The molecule has 0 radical (unpaired) electrons. The second kappa shape index (κ2) is 7.72. The van der Waals surface area contributed by atoms with Gasteiger partial charge in [0.2, 0.25) is 5.82 Å². The van der Waals surface area contributed by atoms with E-state index >= 15 is 0 Å². The van der Waals surface area contributed by atoms with Crippen molar-refractivity contribution in [3.05, 3.63) is 22.5 Å². The molecule has 4 rings (SSSR count). The largest absolute Gasteiger partial charge is 0.357 e. The Labute approximate surface area is 163 Å². The number of H-pyrrole nitrogens is 1. The number of rotatable bonds is 5. The Hall–Kier alpha value is -2.35. The molecule has 3 aromatic rings. The molecule has 0 unspecified atom stereocenters. The summed E-state index contributed by atoms with van der Waals surface area (Å²) in [4.78, 5) is 13.2. The summed E-state index contributed by atoms with van der Waals surface area (Å²) in [5.41, 5.74) is 7.74. The SMILES string of the molecule is CCN(CC)c1nc2c(c(-c3scnc3C)c1-c1nn[nH]n1)CCCCC2. The van der Waals surface area contributed by atoms with Crippen LogP contribution in [0, 0.1) is 6.92 Å². The Morgan fingerprint density at radius 2 is 1.93 bits per heavy atom. The number of aromatic amines is 1. The molecule has 27 heavy (non-hydrogen) atoms. The van der Waals surface area contributed by atoms with Gasteiger partial charge in [0.1, 0.15) is 5.82 Å². The maximum atomic E-state index is 5.16. The van der Waals surface area contributed by atoms with Crippen LogP contribution >= 0.6 is 11.3 Å². The number of nitrogens with one attached hydrogen (secondary N) is 1. The molecule has 7 nitrogen and oxygen atoms in total. The molecule has 0 amide bonds. The summed E-state index contributed by atoms with van der Waals surface area (Å²) in [6.45, 7) is 8.16. The van der Waals surface area contributed by atoms with Crippen LogP contribution in [0.1, 0.15) is 50.1 Å². The Kier molecular flexibility index (Phi) is 5.15. The summed E-state index contributed by atoms with van der Waals surface area (Å²) in [5, 5.41) is 15.1. The number of thiazole rings is 1. The number of hydrogen-bond donors (Lipinski definition) is 1. The summed E-state index contributed by atoms with van der Waals surface area (Å²) < 4.78 is 0. The minimum Gasteiger partial charge on any atom is -0.357 e. The van der Waals surface area contributed by atoms with E-state index < -0.39 is 0 Å². The molecule has 0 atom stereocenters. The highest BCUT2D eigenvalue weighted by atomic mass is 32.1. The first-order chi connectivity index (χ1) is 13.2. The van der Waals surface area contributed by atoms with E-state index in [1.165, 1.54) is 41.0 Å². The molecule has 1 N–H and O–H groups in total. The summed E-state index contributed by atoms with van der Waals surface area (Å²) in [6.07, 6.45) is 5.70. The summed E-state index contributed by atoms with van der Waals surface area (Å²) in [6, 6.07) is 0. The fourth-order valence-corrected chi connectivity index (χ4v) is 4.81. The minimum atomic E-state index is 0.610. The van der Waals surface area contributed by atoms with Gasteiger partial charge >= 0.3 is 0 Å². The predicted molar refractivity (Wildman–Crippen MR) is 108 cm³/mol. The van der Waals surface area contributed by atoms with E-state index in [0.717, 1.165) is 43.0 Å². The Bertz CT molecular complexity index is 913. The third-order valence-corrected chi connectivity index (χ3v) is 6.26. The van der Waals surface area contributed by atoms with Crippen LogP contribution in [0.2, 0.25) is 0 Å². The van der Waals surface area contributed by atoms with E-state index in [0.29, 0.717) is 5.82 Å². The topological polar surface area (TPSA) is 83.5 Å². The molecule has 8 heteroatoms. The van der Waals surface area contributed by atoms with Gasteiger partial charge in [-0.15, -0.1) is 21.5 Å². The molecule has 1 aliphatic rings. The zero-order valence-corrected chi connectivity index (χ0v) is 16.9. The third kappa shape index (κ3) is 3.22. The molecule has 3 heterocycles. The summed E-state index contributed by atoms with van der Waals surface area (Å²) in [5.74, 6) is 1.57. The number of tetrazole rings is 1. The first kappa shape index (κ1) is 18.0. The lowest BCUT2D eigenvalue weighted by atomic mass is 9.94. The van der Waals surface area contributed by atoms with Crippen LogP contribution < -0.4 is 4.90 Å². The van der Waals surface area contributed by atoms with Crippen molar-refractivity contribution >= 4 is 17.2 Å². The molecule has 3 aromatic heterocycles. The Morgan fingerprint density at radius 1 is 1.11 bits per heavy atom. The molecule has 142 valence electrons. The van der Waals surface area contributed by atoms with Gasteiger partial charge in [0.05, 0.1) is 21.6 Å². The van der Waals surface area contributed by atoms with Crippen molar-refractivity contribution in [2.45, 2.75) is 52.9 Å². The van der Waals surface area contributed by atoms with Gasteiger partial charge in [-0.1, -0.05) is 6.42 Å². The predicted octanol–water partition coefficient (Wildman–Crippen LogP) is 3.81. The van der Waals surface area contributed by atoms with Crippen molar-refractivity contribution in [1.82, 2.24) is 30.6 Å². The van der Waals surface area contributed by atoms with E-state index in [1.807, 2.05) is 5.51 Å². The van der Waals surface area contributed by atoms with Crippen LogP contribution in [0.4, 0.5) is 5.82 Å². The highest BCUT2D eigenvalue weighted by Crippen LogP contribution is 2.44. The molecule has 1 aliphatic carbocycles. The van der Waals surface area contributed by atoms with Crippen LogP contribution in [0.5, 0.6) is 0 Å². The highest BCUT2D eigenvalue weighted by molar-refractivity contribution is 7.13. The van der Waals surface area contributed by atoms with Crippen LogP contribution in [0.3, 0.4) is 0 Å². The van der Waals surface area contributed by atoms with Gasteiger partial charge in [-0.25, -0.2) is 9.97 Å². The average molecular weight is 384 g/mol. The van der Waals surface area contributed by atoms with Gasteiger partial charge in [0.25, 0.3) is 0 Å². The summed E-state index contributed by atoms with van der Waals surface area (Å²) >= 11 is 1.69. The van der Waals surface area contributed by atoms with E-state index in [4.69, 9.17) is 4.98 Å². The van der Waals surface area contributed by atoms with Gasteiger partial charge in [-0.2, -0.15) is 5.21 Å². The lowest BCUT2D eigenvalue weighted by Crippen LogP contribution is -2.25. The van der Waals surface area contributed by atoms with Crippen molar-refractivity contribution in [2.24, 2.45) is 0 Å². The molecular weight excluding hydrogens is 358 g/mol. The first-order valence-corrected chi connectivity index (χ1v) is 10.6. The number of aromatic nitrogens is 6. The molecular formula is C19H25N7S. The van der Waals surface area contributed by atoms with Crippen molar-refractivity contribution < 1.29 is 0 Å². The zero-order valence-electron chi connectivity index (χ0n) is 16.1. The van der Waals surface area contributed by atoms with Gasteiger partial charge < -0.3 is 4.90 Å². The number of hydrogen-bond acceptors (Lipinski definition) is 7. The molecule has 0 saturated heterocycles. The van der Waals surface area contributed by atoms with Crippen molar-refractivity contribution in [3.8, 4) is 21.8 Å². The molecule has 0 spiro atoms. The second-order valence-corrected chi connectivity index (χ2v) is 7.70. The molecule has 0 aromatic carbocycles. The van der Waals surface area contributed by atoms with Gasteiger partial charge in [-0.05, 0) is 57.2 Å².